The lowest BCUT2D eigenvalue weighted by molar-refractivity contribution is -0.139. The second kappa shape index (κ2) is 5.95. The first-order valence-electron chi connectivity index (χ1n) is 4.27. The van der Waals surface area contributed by atoms with Crippen LogP contribution in [0.2, 0.25) is 0 Å². The fourth-order valence-electron chi connectivity index (χ4n) is 0.861. The Labute approximate surface area is 81.5 Å². The van der Waals surface area contributed by atoms with Gasteiger partial charge in [-0.05, 0) is 6.42 Å². The van der Waals surface area contributed by atoms with Gasteiger partial charge in [-0.25, -0.2) is 0 Å². The number of amides is 2. The molecular formula is C8H14N2O4. The van der Waals surface area contributed by atoms with E-state index < -0.39 is 23.8 Å². The SMILES string of the molecule is CCC(NC(=O)CCC(=O)O)C(N)=O. The minimum absolute atomic E-state index is 0.140. The second-order valence-electron chi connectivity index (χ2n) is 2.82. The molecule has 14 heavy (non-hydrogen) atoms. The molecule has 4 N–H and O–H groups in total. The van der Waals surface area contributed by atoms with Gasteiger partial charge in [0.1, 0.15) is 6.04 Å². The molecule has 0 aliphatic heterocycles. The third-order valence-electron chi connectivity index (χ3n) is 1.65. The molecule has 0 saturated heterocycles. The number of nitrogens with one attached hydrogen (secondary N) is 1. The van der Waals surface area contributed by atoms with Gasteiger partial charge >= 0.3 is 5.97 Å². The zero-order valence-corrected chi connectivity index (χ0v) is 7.95. The molecule has 6 heteroatoms. The first-order chi connectivity index (χ1) is 6.47. The molecular weight excluding hydrogens is 188 g/mol. The summed E-state index contributed by atoms with van der Waals surface area (Å²) in [5.41, 5.74) is 4.98. The predicted octanol–water partition coefficient (Wildman–Crippen LogP) is -0.769. The predicted molar refractivity (Wildman–Crippen MR) is 48.3 cm³/mol. The van der Waals surface area contributed by atoms with Gasteiger partial charge in [-0.3, -0.25) is 14.4 Å². The summed E-state index contributed by atoms with van der Waals surface area (Å²) in [5.74, 6) is -2.14. The molecule has 0 aliphatic rings. The first-order valence-corrected chi connectivity index (χ1v) is 4.27. The van der Waals surface area contributed by atoms with E-state index in [4.69, 9.17) is 10.8 Å². The number of carboxylic acid groups (broad SMARTS) is 1. The quantitative estimate of drug-likeness (QED) is 0.525. The van der Waals surface area contributed by atoms with Crippen molar-refractivity contribution in [3.8, 4) is 0 Å². The highest BCUT2D eigenvalue weighted by Gasteiger charge is 2.15. The standard InChI is InChI=1S/C8H14N2O4/c1-2-5(8(9)14)10-6(11)3-4-7(12)13/h5H,2-4H2,1H3,(H2,9,14)(H,10,11)(H,12,13). The molecule has 0 aromatic carbocycles. The number of carboxylic acids is 1. The molecule has 0 spiro atoms. The van der Waals surface area contributed by atoms with Crippen molar-refractivity contribution in [2.45, 2.75) is 32.2 Å². The lowest BCUT2D eigenvalue weighted by Crippen LogP contribution is -2.43. The summed E-state index contributed by atoms with van der Waals surface area (Å²) in [7, 11) is 0. The second-order valence-corrected chi connectivity index (χ2v) is 2.82. The normalized spacial score (nSPS) is 11.8. The Morgan fingerprint density at radius 3 is 2.29 bits per heavy atom. The van der Waals surface area contributed by atoms with Crippen LogP contribution in [0.25, 0.3) is 0 Å². The van der Waals surface area contributed by atoms with Crippen LogP contribution >= 0.6 is 0 Å². The van der Waals surface area contributed by atoms with E-state index in [1.165, 1.54) is 0 Å². The highest BCUT2D eigenvalue weighted by molar-refractivity contribution is 5.87. The number of nitrogens with two attached hydrogens (primary N) is 1. The van der Waals surface area contributed by atoms with Crippen molar-refractivity contribution in [3.63, 3.8) is 0 Å². The van der Waals surface area contributed by atoms with Crippen molar-refractivity contribution < 1.29 is 19.5 Å². The van der Waals surface area contributed by atoms with Crippen molar-refractivity contribution in [1.82, 2.24) is 5.32 Å². The van der Waals surface area contributed by atoms with E-state index in [0.717, 1.165) is 0 Å². The highest BCUT2D eigenvalue weighted by Crippen LogP contribution is 1.93. The van der Waals surface area contributed by atoms with E-state index >= 15 is 0 Å². The molecule has 0 rings (SSSR count). The zero-order valence-electron chi connectivity index (χ0n) is 7.95. The van der Waals surface area contributed by atoms with E-state index in [9.17, 15) is 14.4 Å². The maximum atomic E-state index is 11.0. The van der Waals surface area contributed by atoms with Crippen molar-refractivity contribution in [2.24, 2.45) is 5.73 Å². The summed E-state index contributed by atoms with van der Waals surface area (Å²) >= 11 is 0. The molecule has 0 aliphatic carbocycles. The van der Waals surface area contributed by atoms with E-state index in [0.29, 0.717) is 6.42 Å². The highest BCUT2D eigenvalue weighted by atomic mass is 16.4. The largest absolute Gasteiger partial charge is 0.481 e. The Balaban J connectivity index is 3.91. The summed E-state index contributed by atoms with van der Waals surface area (Å²) in [6.45, 7) is 1.70. The minimum Gasteiger partial charge on any atom is -0.481 e. The van der Waals surface area contributed by atoms with Crippen LogP contribution in [0.1, 0.15) is 26.2 Å². The van der Waals surface area contributed by atoms with Gasteiger partial charge in [-0.1, -0.05) is 6.92 Å². The van der Waals surface area contributed by atoms with Gasteiger partial charge in [-0.15, -0.1) is 0 Å². The van der Waals surface area contributed by atoms with E-state index in [-0.39, 0.29) is 12.8 Å². The maximum Gasteiger partial charge on any atom is 0.303 e. The van der Waals surface area contributed by atoms with Gasteiger partial charge in [0.25, 0.3) is 0 Å². The number of rotatable bonds is 6. The third-order valence-corrected chi connectivity index (χ3v) is 1.65. The number of aliphatic carboxylic acids is 1. The molecule has 0 heterocycles. The van der Waals surface area contributed by atoms with Gasteiger partial charge in [0, 0.05) is 6.42 Å². The van der Waals surface area contributed by atoms with Crippen molar-refractivity contribution in [2.75, 3.05) is 0 Å². The Kier molecular flexibility index (Phi) is 5.28. The Morgan fingerprint density at radius 1 is 1.36 bits per heavy atom. The van der Waals surface area contributed by atoms with Gasteiger partial charge < -0.3 is 16.2 Å². The summed E-state index contributed by atoms with van der Waals surface area (Å²) in [5, 5.41) is 10.6. The number of carbonyl (C=O) groups excluding carboxylic acids is 2. The Hall–Kier alpha value is -1.59. The van der Waals surface area contributed by atoms with Gasteiger partial charge in [0.05, 0.1) is 6.42 Å². The first kappa shape index (κ1) is 12.4. The number of hydrogen-bond donors (Lipinski definition) is 3. The van der Waals surface area contributed by atoms with Gasteiger partial charge in [0.2, 0.25) is 11.8 Å². The summed E-state index contributed by atoms with van der Waals surface area (Å²) in [6.07, 6.45) is 0.00822. The molecule has 1 atom stereocenters. The molecule has 1 unspecified atom stereocenters. The van der Waals surface area contributed by atoms with Crippen LogP contribution in [0.5, 0.6) is 0 Å². The lowest BCUT2D eigenvalue weighted by atomic mass is 10.2. The number of hydrogen-bond acceptors (Lipinski definition) is 3. The molecule has 0 saturated carbocycles. The van der Waals surface area contributed by atoms with Crippen LogP contribution < -0.4 is 11.1 Å². The molecule has 0 bridgehead atoms. The minimum atomic E-state index is -1.05. The summed E-state index contributed by atoms with van der Waals surface area (Å²) < 4.78 is 0. The van der Waals surface area contributed by atoms with Gasteiger partial charge in [0.15, 0.2) is 0 Å². The van der Waals surface area contributed by atoms with Crippen molar-refractivity contribution in [3.05, 3.63) is 0 Å². The monoisotopic (exact) mass is 202 g/mol. The molecule has 0 aromatic rings. The summed E-state index contributed by atoms with van der Waals surface area (Å²) in [6, 6.07) is -0.712. The number of carbonyl (C=O) groups is 3. The Morgan fingerprint density at radius 2 is 1.93 bits per heavy atom. The lowest BCUT2D eigenvalue weighted by Gasteiger charge is -2.12. The third kappa shape index (κ3) is 5.13. The van der Waals surface area contributed by atoms with Crippen LogP contribution in [-0.4, -0.2) is 28.9 Å². The molecule has 0 radical (unpaired) electrons. The number of primary amides is 1. The zero-order chi connectivity index (χ0) is 11.1. The average molecular weight is 202 g/mol. The van der Waals surface area contributed by atoms with Crippen LogP contribution in [0.3, 0.4) is 0 Å². The van der Waals surface area contributed by atoms with E-state index in [2.05, 4.69) is 5.32 Å². The van der Waals surface area contributed by atoms with Crippen LogP contribution in [0.4, 0.5) is 0 Å². The van der Waals surface area contributed by atoms with E-state index in [1.807, 2.05) is 0 Å². The van der Waals surface area contributed by atoms with Crippen molar-refractivity contribution in [1.29, 1.82) is 0 Å². The Bertz CT molecular complexity index is 239. The fraction of sp³-hybridized carbons (Fsp3) is 0.625. The smallest absolute Gasteiger partial charge is 0.303 e. The molecule has 6 nitrogen and oxygen atoms in total. The molecule has 0 aromatic heterocycles. The van der Waals surface area contributed by atoms with Crippen LogP contribution in [0, 0.1) is 0 Å². The molecule has 0 fully saturated rings. The summed E-state index contributed by atoms with van der Waals surface area (Å²) in [4.78, 5) is 31.9. The maximum absolute atomic E-state index is 11.0. The van der Waals surface area contributed by atoms with Gasteiger partial charge in [-0.2, -0.15) is 0 Å². The van der Waals surface area contributed by atoms with Crippen molar-refractivity contribution >= 4 is 17.8 Å². The average Bonchev–Trinajstić information content (AvgIpc) is 2.10. The van der Waals surface area contributed by atoms with Crippen LogP contribution in [-0.2, 0) is 14.4 Å². The molecule has 80 valence electrons. The molecule has 2 amide bonds. The van der Waals surface area contributed by atoms with E-state index in [1.54, 1.807) is 6.92 Å². The fourth-order valence-corrected chi connectivity index (χ4v) is 0.861. The topological polar surface area (TPSA) is 109 Å². The van der Waals surface area contributed by atoms with Crippen LogP contribution in [0.15, 0.2) is 0 Å².